The summed E-state index contributed by atoms with van der Waals surface area (Å²) in [5.74, 6) is -0.180. The molecule has 0 bridgehead atoms. The Hall–Kier alpha value is -4.37. The van der Waals surface area contributed by atoms with Gasteiger partial charge in [-0.1, -0.05) is 30.4 Å². The Morgan fingerprint density at radius 3 is 2.44 bits per heavy atom. The van der Waals surface area contributed by atoms with Crippen LogP contribution in [0.2, 0.25) is 0 Å². The molecule has 8 nitrogen and oxygen atoms in total. The molecule has 1 aromatic heterocycles. The van der Waals surface area contributed by atoms with Crippen molar-refractivity contribution in [2.75, 3.05) is 25.2 Å². The van der Waals surface area contributed by atoms with Gasteiger partial charge in [0.1, 0.15) is 11.5 Å². The highest BCUT2D eigenvalue weighted by atomic mass is 32.1. The lowest BCUT2D eigenvalue weighted by molar-refractivity contribution is -0.132. The fourth-order valence-corrected chi connectivity index (χ4v) is 6.17. The van der Waals surface area contributed by atoms with Crippen LogP contribution in [0.25, 0.3) is 16.0 Å². The molecule has 41 heavy (non-hydrogen) atoms. The third kappa shape index (κ3) is 5.25. The Labute approximate surface area is 242 Å². The molecule has 0 radical (unpaired) electrons. The molecular weight excluding hydrogens is 540 g/mol. The van der Waals surface area contributed by atoms with Gasteiger partial charge in [0.25, 0.3) is 5.78 Å². The van der Waals surface area contributed by atoms with E-state index in [0.717, 1.165) is 27.8 Å². The van der Waals surface area contributed by atoms with Gasteiger partial charge in [-0.2, -0.15) is 0 Å². The molecule has 0 spiro atoms. The molecule has 1 saturated heterocycles. The Balaban J connectivity index is 1.72. The second-order valence-electron chi connectivity index (χ2n) is 9.81. The van der Waals surface area contributed by atoms with E-state index < -0.39 is 17.7 Å². The van der Waals surface area contributed by atoms with Crippen LogP contribution in [0.5, 0.6) is 17.2 Å². The van der Waals surface area contributed by atoms with E-state index in [9.17, 15) is 14.7 Å². The predicted octanol–water partition coefficient (Wildman–Crippen LogP) is 6.74. The number of aromatic nitrogens is 1. The standard InChI is InChI=1S/C32H32N2O6S/c1-6-14-40-23-13-10-21(17-24(23)39-7-2)28-26(29(35)20-8-11-22(38-5)12-9-20)30(36)31(37)34(28)32-33-27-19(4)15-18(3)16-25(27)41-32/h8-13,15-17,28,35H,6-7,14H2,1-5H3. The highest BCUT2D eigenvalue weighted by Gasteiger charge is 2.48. The first kappa shape index (κ1) is 28.2. The maximum Gasteiger partial charge on any atom is 0.301 e. The number of ketones is 1. The summed E-state index contributed by atoms with van der Waals surface area (Å²) < 4.78 is 17.9. The molecule has 1 unspecified atom stereocenters. The highest BCUT2D eigenvalue weighted by Crippen LogP contribution is 2.46. The van der Waals surface area contributed by atoms with Crippen molar-refractivity contribution in [3.63, 3.8) is 0 Å². The average Bonchev–Trinajstić information content (AvgIpc) is 3.50. The lowest BCUT2D eigenvalue weighted by Crippen LogP contribution is -2.29. The number of fused-ring (bicyclic) bond motifs is 1. The number of Topliss-reactive ketones (excluding diaryl/α,β-unsaturated/α-hetero) is 1. The maximum absolute atomic E-state index is 13.7. The monoisotopic (exact) mass is 572 g/mol. The topological polar surface area (TPSA) is 98.2 Å². The van der Waals surface area contributed by atoms with E-state index in [4.69, 9.17) is 19.2 Å². The van der Waals surface area contributed by atoms with E-state index in [2.05, 4.69) is 0 Å². The quantitative estimate of drug-likeness (QED) is 0.135. The highest BCUT2D eigenvalue weighted by molar-refractivity contribution is 7.22. The summed E-state index contributed by atoms with van der Waals surface area (Å²) in [7, 11) is 1.55. The molecule has 1 fully saturated rings. The van der Waals surface area contributed by atoms with Gasteiger partial charge < -0.3 is 19.3 Å². The summed E-state index contributed by atoms with van der Waals surface area (Å²) >= 11 is 1.34. The number of carbonyl (C=O) groups is 2. The van der Waals surface area contributed by atoms with Crippen molar-refractivity contribution in [2.45, 2.75) is 40.2 Å². The van der Waals surface area contributed by atoms with Gasteiger partial charge in [0, 0.05) is 5.56 Å². The third-order valence-corrected chi connectivity index (χ3v) is 7.88. The average molecular weight is 573 g/mol. The Bertz CT molecular complexity index is 1660. The minimum absolute atomic E-state index is 0.0306. The number of nitrogens with zero attached hydrogens (tertiary/aromatic N) is 2. The summed E-state index contributed by atoms with van der Waals surface area (Å²) in [6.07, 6.45) is 0.825. The fraction of sp³-hybridized carbons (Fsp3) is 0.281. The van der Waals surface area contributed by atoms with Gasteiger partial charge in [0.2, 0.25) is 0 Å². The van der Waals surface area contributed by atoms with Crippen LogP contribution in [0.15, 0.2) is 60.2 Å². The molecule has 1 amide bonds. The van der Waals surface area contributed by atoms with E-state index in [1.165, 1.54) is 16.2 Å². The van der Waals surface area contributed by atoms with Crippen LogP contribution in [0, 0.1) is 13.8 Å². The lowest BCUT2D eigenvalue weighted by Gasteiger charge is -2.24. The Morgan fingerprint density at radius 1 is 1.00 bits per heavy atom. The van der Waals surface area contributed by atoms with Crippen molar-refractivity contribution in [3.8, 4) is 17.2 Å². The molecule has 1 aliphatic heterocycles. The second-order valence-corrected chi connectivity index (χ2v) is 10.8. The van der Waals surface area contributed by atoms with Gasteiger partial charge in [-0.05, 0) is 86.3 Å². The van der Waals surface area contributed by atoms with Crippen molar-refractivity contribution in [3.05, 3.63) is 82.4 Å². The zero-order valence-corrected chi connectivity index (χ0v) is 24.5. The Kier molecular flexibility index (Phi) is 7.99. The van der Waals surface area contributed by atoms with Gasteiger partial charge in [0.05, 0.1) is 42.2 Å². The summed E-state index contributed by atoms with van der Waals surface area (Å²) in [6, 6.07) is 15.1. The number of anilines is 1. The number of thiazole rings is 1. The van der Waals surface area contributed by atoms with E-state index in [-0.39, 0.29) is 11.3 Å². The molecule has 5 rings (SSSR count). The van der Waals surface area contributed by atoms with Crippen molar-refractivity contribution in [1.29, 1.82) is 0 Å². The molecule has 212 valence electrons. The van der Waals surface area contributed by atoms with Crippen molar-refractivity contribution >= 4 is 44.1 Å². The smallest absolute Gasteiger partial charge is 0.301 e. The number of aliphatic hydroxyl groups is 1. The van der Waals surface area contributed by atoms with E-state index in [1.54, 1.807) is 49.6 Å². The van der Waals surface area contributed by atoms with Crippen molar-refractivity contribution in [2.24, 2.45) is 0 Å². The minimum atomic E-state index is -0.946. The summed E-state index contributed by atoms with van der Waals surface area (Å²) in [5, 5.41) is 11.9. The lowest BCUT2D eigenvalue weighted by atomic mass is 9.95. The minimum Gasteiger partial charge on any atom is -0.507 e. The number of methoxy groups -OCH3 is 1. The number of rotatable bonds is 9. The number of hydrogen-bond acceptors (Lipinski definition) is 8. The summed E-state index contributed by atoms with van der Waals surface area (Å²) in [5.41, 5.74) is 3.76. The van der Waals surface area contributed by atoms with Gasteiger partial charge in [0.15, 0.2) is 16.6 Å². The molecule has 3 aromatic carbocycles. The number of benzene rings is 3. The molecule has 1 atom stereocenters. The molecule has 2 heterocycles. The van der Waals surface area contributed by atoms with Crippen LogP contribution in [-0.2, 0) is 9.59 Å². The van der Waals surface area contributed by atoms with E-state index >= 15 is 0 Å². The molecule has 1 N–H and O–H groups in total. The first-order valence-electron chi connectivity index (χ1n) is 13.5. The summed E-state index contributed by atoms with van der Waals surface area (Å²) in [6.45, 7) is 8.77. The van der Waals surface area contributed by atoms with Crippen LogP contribution in [0.4, 0.5) is 5.13 Å². The van der Waals surface area contributed by atoms with Crippen LogP contribution in [0.1, 0.15) is 48.6 Å². The number of ether oxygens (including phenoxy) is 3. The van der Waals surface area contributed by atoms with Gasteiger partial charge in [-0.25, -0.2) is 4.98 Å². The molecule has 0 saturated carbocycles. The molecule has 0 aliphatic carbocycles. The molecular formula is C32H32N2O6S. The van der Waals surface area contributed by atoms with Crippen LogP contribution in [0.3, 0.4) is 0 Å². The Morgan fingerprint density at radius 2 is 1.76 bits per heavy atom. The third-order valence-electron chi connectivity index (χ3n) is 6.88. The SMILES string of the molecule is CCCOc1ccc(C2C(=C(O)c3ccc(OC)cc3)C(=O)C(=O)N2c2nc3c(C)cc(C)cc3s2)cc1OCC. The maximum atomic E-state index is 13.7. The largest absolute Gasteiger partial charge is 0.507 e. The fourth-order valence-electron chi connectivity index (χ4n) is 5.01. The number of amides is 1. The van der Waals surface area contributed by atoms with Crippen LogP contribution < -0.4 is 19.1 Å². The first-order valence-corrected chi connectivity index (χ1v) is 14.3. The number of aryl methyl sites for hydroxylation is 2. The predicted molar refractivity (Wildman–Crippen MR) is 160 cm³/mol. The number of carbonyl (C=O) groups excluding carboxylic acids is 2. The second kappa shape index (κ2) is 11.6. The number of aliphatic hydroxyl groups excluding tert-OH is 1. The zero-order valence-electron chi connectivity index (χ0n) is 23.7. The number of hydrogen-bond donors (Lipinski definition) is 1. The van der Waals surface area contributed by atoms with E-state index in [0.29, 0.717) is 46.7 Å². The van der Waals surface area contributed by atoms with Gasteiger partial charge in [-0.3, -0.25) is 14.5 Å². The van der Waals surface area contributed by atoms with Crippen molar-refractivity contribution < 1.29 is 28.9 Å². The normalized spacial score (nSPS) is 16.4. The van der Waals surface area contributed by atoms with Crippen molar-refractivity contribution in [1.82, 2.24) is 4.98 Å². The van der Waals surface area contributed by atoms with Crippen LogP contribution >= 0.6 is 11.3 Å². The zero-order chi connectivity index (χ0) is 29.3. The molecule has 9 heteroatoms. The van der Waals surface area contributed by atoms with Crippen LogP contribution in [-0.4, -0.2) is 42.1 Å². The molecule has 1 aliphatic rings. The van der Waals surface area contributed by atoms with E-state index in [1.807, 2.05) is 39.8 Å². The molecule has 4 aromatic rings. The van der Waals surface area contributed by atoms with Gasteiger partial charge >= 0.3 is 5.91 Å². The first-order chi connectivity index (χ1) is 19.8. The summed E-state index contributed by atoms with van der Waals surface area (Å²) in [4.78, 5) is 33.5. The van der Waals surface area contributed by atoms with Gasteiger partial charge in [-0.15, -0.1) is 0 Å².